The predicted octanol–water partition coefficient (Wildman–Crippen LogP) is 1.88. The van der Waals surface area contributed by atoms with Crippen molar-refractivity contribution >= 4 is 0 Å². The van der Waals surface area contributed by atoms with Gasteiger partial charge in [-0.15, -0.1) is 0 Å². The summed E-state index contributed by atoms with van der Waals surface area (Å²) in [7, 11) is 0. The highest BCUT2D eigenvalue weighted by atomic mass is 16.3. The van der Waals surface area contributed by atoms with Crippen LogP contribution in [0.4, 0.5) is 0 Å². The highest BCUT2D eigenvalue weighted by molar-refractivity contribution is 4.86. The van der Waals surface area contributed by atoms with Crippen LogP contribution >= 0.6 is 0 Å². The van der Waals surface area contributed by atoms with Crippen LogP contribution in [0.5, 0.6) is 0 Å². The van der Waals surface area contributed by atoms with Crippen LogP contribution in [0.1, 0.15) is 40.5 Å². The molecule has 2 heteroatoms. The summed E-state index contributed by atoms with van der Waals surface area (Å²) in [5.41, 5.74) is 0.0312. The molecule has 0 spiro atoms. The van der Waals surface area contributed by atoms with E-state index < -0.39 is 0 Å². The van der Waals surface area contributed by atoms with Gasteiger partial charge in [0.2, 0.25) is 0 Å². The van der Waals surface area contributed by atoms with Crippen LogP contribution in [0.3, 0.4) is 0 Å². The molecule has 2 nitrogen and oxygen atoms in total. The third kappa shape index (κ3) is 2.20. The van der Waals surface area contributed by atoms with Gasteiger partial charge in [-0.1, -0.05) is 27.7 Å². The van der Waals surface area contributed by atoms with Crippen LogP contribution in [0.15, 0.2) is 0 Å². The van der Waals surface area contributed by atoms with Crippen molar-refractivity contribution in [2.24, 2.45) is 0 Å². The largest absolute Gasteiger partial charge is 0.394 e. The first kappa shape index (κ1) is 11.9. The fourth-order valence-electron chi connectivity index (χ4n) is 1.92. The minimum absolute atomic E-state index is 0.0312. The van der Waals surface area contributed by atoms with Crippen molar-refractivity contribution in [3.63, 3.8) is 0 Å². The van der Waals surface area contributed by atoms with Crippen molar-refractivity contribution in [2.45, 2.75) is 46.1 Å². The zero-order valence-corrected chi connectivity index (χ0v) is 8.93. The van der Waals surface area contributed by atoms with Crippen LogP contribution < -0.4 is 0 Å². The van der Waals surface area contributed by atoms with E-state index in [9.17, 15) is 5.11 Å². The molecule has 0 aromatic rings. The Kier molecular flexibility index (Phi) is 5.51. The van der Waals surface area contributed by atoms with E-state index in [0.29, 0.717) is 0 Å². The average molecular weight is 173 g/mol. The Morgan fingerprint density at radius 2 is 1.42 bits per heavy atom. The van der Waals surface area contributed by atoms with E-state index in [4.69, 9.17) is 0 Å². The SMILES string of the molecule is CCN(CC)C(CC)(CC)CO. The van der Waals surface area contributed by atoms with Crippen molar-refractivity contribution < 1.29 is 5.11 Å². The van der Waals surface area contributed by atoms with Gasteiger partial charge >= 0.3 is 0 Å². The Hall–Kier alpha value is -0.0800. The number of aliphatic hydroxyl groups excluding tert-OH is 1. The molecule has 0 aliphatic heterocycles. The van der Waals surface area contributed by atoms with E-state index in [2.05, 4.69) is 32.6 Å². The summed E-state index contributed by atoms with van der Waals surface area (Å²) in [6.07, 6.45) is 2.06. The molecule has 0 atom stereocenters. The van der Waals surface area contributed by atoms with Gasteiger partial charge < -0.3 is 5.11 Å². The van der Waals surface area contributed by atoms with Crippen LogP contribution in [-0.4, -0.2) is 35.2 Å². The summed E-state index contributed by atoms with van der Waals surface area (Å²) in [6.45, 7) is 10.9. The van der Waals surface area contributed by atoms with Crippen LogP contribution in [0.25, 0.3) is 0 Å². The molecule has 0 saturated carbocycles. The number of likely N-dealkylation sites (N-methyl/N-ethyl adjacent to an activating group) is 1. The molecule has 0 aliphatic rings. The summed E-state index contributed by atoms with van der Waals surface area (Å²) in [5.74, 6) is 0. The van der Waals surface area contributed by atoms with Gasteiger partial charge in [0, 0.05) is 5.54 Å². The Bertz CT molecular complexity index is 98.1. The lowest BCUT2D eigenvalue weighted by molar-refractivity contribution is 0.0298. The molecule has 0 rings (SSSR count). The second-order valence-electron chi connectivity index (χ2n) is 3.26. The molecule has 12 heavy (non-hydrogen) atoms. The highest BCUT2D eigenvalue weighted by Crippen LogP contribution is 2.22. The summed E-state index contributed by atoms with van der Waals surface area (Å²) >= 11 is 0. The van der Waals surface area contributed by atoms with E-state index >= 15 is 0 Å². The summed E-state index contributed by atoms with van der Waals surface area (Å²) in [5, 5.41) is 9.37. The van der Waals surface area contributed by atoms with Crippen molar-refractivity contribution in [1.29, 1.82) is 0 Å². The van der Waals surface area contributed by atoms with E-state index in [0.717, 1.165) is 25.9 Å². The van der Waals surface area contributed by atoms with Gasteiger partial charge in [-0.05, 0) is 25.9 Å². The number of hydrogen-bond donors (Lipinski definition) is 1. The normalized spacial score (nSPS) is 12.5. The third-order valence-corrected chi connectivity index (χ3v) is 3.04. The quantitative estimate of drug-likeness (QED) is 0.663. The van der Waals surface area contributed by atoms with Gasteiger partial charge in [0.1, 0.15) is 0 Å². The van der Waals surface area contributed by atoms with E-state index in [-0.39, 0.29) is 12.1 Å². The van der Waals surface area contributed by atoms with Gasteiger partial charge in [-0.3, -0.25) is 4.90 Å². The molecule has 0 unspecified atom stereocenters. The monoisotopic (exact) mass is 173 g/mol. The van der Waals surface area contributed by atoms with Crippen LogP contribution in [0, 0.1) is 0 Å². The maximum atomic E-state index is 9.37. The molecule has 1 N–H and O–H groups in total. The molecule has 0 heterocycles. The maximum Gasteiger partial charge on any atom is 0.0615 e. The Morgan fingerprint density at radius 3 is 1.50 bits per heavy atom. The second kappa shape index (κ2) is 5.55. The molecule has 0 radical (unpaired) electrons. The molecule has 0 amide bonds. The third-order valence-electron chi connectivity index (χ3n) is 3.04. The van der Waals surface area contributed by atoms with Crippen molar-refractivity contribution in [1.82, 2.24) is 4.90 Å². The zero-order valence-electron chi connectivity index (χ0n) is 8.93. The van der Waals surface area contributed by atoms with Gasteiger partial charge in [-0.25, -0.2) is 0 Å². The first-order valence-corrected chi connectivity index (χ1v) is 5.06. The molecular weight excluding hydrogens is 150 g/mol. The minimum atomic E-state index is 0.0312. The van der Waals surface area contributed by atoms with Gasteiger partial charge in [0.25, 0.3) is 0 Å². The van der Waals surface area contributed by atoms with Crippen LogP contribution in [-0.2, 0) is 0 Å². The maximum absolute atomic E-state index is 9.37. The number of nitrogens with zero attached hydrogens (tertiary/aromatic N) is 1. The smallest absolute Gasteiger partial charge is 0.0615 e. The fourth-order valence-corrected chi connectivity index (χ4v) is 1.92. The molecule has 0 bridgehead atoms. The Morgan fingerprint density at radius 1 is 1.00 bits per heavy atom. The van der Waals surface area contributed by atoms with Crippen molar-refractivity contribution in [3.8, 4) is 0 Å². The Balaban J connectivity index is 4.42. The number of rotatable bonds is 6. The molecule has 0 aliphatic carbocycles. The van der Waals surface area contributed by atoms with E-state index in [1.165, 1.54) is 0 Å². The fraction of sp³-hybridized carbons (Fsp3) is 1.00. The second-order valence-corrected chi connectivity index (χ2v) is 3.26. The lowest BCUT2D eigenvalue weighted by Gasteiger charge is -2.40. The topological polar surface area (TPSA) is 23.5 Å². The van der Waals surface area contributed by atoms with Gasteiger partial charge in [0.05, 0.1) is 6.61 Å². The van der Waals surface area contributed by atoms with Crippen molar-refractivity contribution in [3.05, 3.63) is 0 Å². The molecular formula is C10H23NO. The lowest BCUT2D eigenvalue weighted by atomic mass is 9.91. The summed E-state index contributed by atoms with van der Waals surface area (Å²) in [6, 6.07) is 0. The minimum Gasteiger partial charge on any atom is -0.394 e. The summed E-state index contributed by atoms with van der Waals surface area (Å²) in [4.78, 5) is 2.35. The first-order valence-electron chi connectivity index (χ1n) is 5.06. The predicted molar refractivity (Wildman–Crippen MR) is 53.3 cm³/mol. The zero-order chi connectivity index (χ0) is 9.61. The van der Waals surface area contributed by atoms with Crippen LogP contribution in [0.2, 0.25) is 0 Å². The standard InChI is InChI=1S/C10H23NO/c1-5-10(6-2,9-12)11(7-3)8-4/h12H,5-9H2,1-4H3. The average Bonchev–Trinajstić information content (AvgIpc) is 2.14. The molecule has 0 aromatic heterocycles. The summed E-state index contributed by atoms with van der Waals surface area (Å²) < 4.78 is 0. The molecule has 0 aromatic carbocycles. The number of hydrogen-bond acceptors (Lipinski definition) is 2. The lowest BCUT2D eigenvalue weighted by Crippen LogP contribution is -2.50. The molecule has 0 saturated heterocycles. The highest BCUT2D eigenvalue weighted by Gasteiger charge is 2.30. The Labute approximate surface area is 76.6 Å². The van der Waals surface area contributed by atoms with Gasteiger partial charge in [0.15, 0.2) is 0 Å². The van der Waals surface area contributed by atoms with E-state index in [1.807, 2.05) is 0 Å². The molecule has 0 fully saturated rings. The van der Waals surface area contributed by atoms with Gasteiger partial charge in [-0.2, -0.15) is 0 Å². The number of aliphatic hydroxyl groups is 1. The molecule has 74 valence electrons. The first-order chi connectivity index (χ1) is 5.70. The van der Waals surface area contributed by atoms with Crippen molar-refractivity contribution in [2.75, 3.05) is 19.7 Å². The van der Waals surface area contributed by atoms with E-state index in [1.54, 1.807) is 0 Å².